The smallest absolute Gasteiger partial charge is 0.261 e. The van der Waals surface area contributed by atoms with Gasteiger partial charge in [-0.1, -0.05) is 47.7 Å². The van der Waals surface area contributed by atoms with E-state index in [2.05, 4.69) is 20.8 Å². The molecular weight excluding hydrogens is 306 g/mol. The number of aromatic hydroxyl groups is 1. The zero-order valence-electron chi connectivity index (χ0n) is 12.7. The average molecular weight is 321 g/mol. The molecule has 3 rings (SSSR count). The number of phenolic OH excluding ortho intramolecular Hbond substituents is 1. The van der Waals surface area contributed by atoms with Crippen molar-refractivity contribution in [1.29, 1.82) is 0 Å². The molecule has 2 aromatic carbocycles. The molecule has 0 aliphatic heterocycles. The Bertz CT molecular complexity index is 858. The Balaban J connectivity index is 1.58. The topological polar surface area (TPSA) is 92.4 Å². The van der Waals surface area contributed by atoms with E-state index >= 15 is 0 Å². The molecule has 0 aliphatic rings. The molecule has 0 spiro atoms. The number of carbonyl (C=O) groups excluding carboxylic acids is 1. The maximum atomic E-state index is 11.9. The van der Waals surface area contributed by atoms with Gasteiger partial charge in [0.1, 0.15) is 18.0 Å². The van der Waals surface area contributed by atoms with E-state index in [4.69, 9.17) is 0 Å². The summed E-state index contributed by atoms with van der Waals surface area (Å²) >= 11 is 0. The second-order valence-corrected chi connectivity index (χ2v) is 5.02. The number of aromatic nitrogens is 3. The van der Waals surface area contributed by atoms with E-state index in [9.17, 15) is 9.90 Å². The molecule has 120 valence electrons. The van der Waals surface area contributed by atoms with Crippen LogP contribution in [0.15, 0.2) is 65.9 Å². The molecule has 24 heavy (non-hydrogen) atoms. The van der Waals surface area contributed by atoms with Gasteiger partial charge in [0.15, 0.2) is 0 Å². The molecule has 0 unspecified atom stereocenters. The van der Waals surface area contributed by atoms with Gasteiger partial charge in [0.25, 0.3) is 5.91 Å². The zero-order valence-corrected chi connectivity index (χ0v) is 12.7. The molecule has 0 atom stereocenters. The fraction of sp³-hybridized carbons (Fsp3) is 0.0588. The minimum Gasteiger partial charge on any atom is -0.507 e. The van der Waals surface area contributed by atoms with E-state index in [-0.39, 0.29) is 18.2 Å². The number of para-hydroxylation sites is 1. The van der Waals surface area contributed by atoms with Crippen molar-refractivity contribution in [2.75, 3.05) is 0 Å². The monoisotopic (exact) mass is 321 g/mol. The molecule has 1 heterocycles. The number of phenols is 1. The maximum absolute atomic E-state index is 11.9. The van der Waals surface area contributed by atoms with Crippen molar-refractivity contribution in [1.82, 2.24) is 20.4 Å². The highest BCUT2D eigenvalue weighted by atomic mass is 16.3. The number of hydrogen-bond acceptors (Lipinski definition) is 5. The van der Waals surface area contributed by atoms with Crippen molar-refractivity contribution < 1.29 is 9.90 Å². The molecule has 2 N–H and O–H groups in total. The Labute approximate surface area is 138 Å². The lowest BCUT2D eigenvalue weighted by atomic mass is 10.2. The van der Waals surface area contributed by atoms with Crippen LogP contribution in [0.25, 0.3) is 11.3 Å². The number of rotatable bonds is 5. The summed E-state index contributed by atoms with van der Waals surface area (Å²) in [6.45, 7) is -0.00204. The van der Waals surface area contributed by atoms with Crippen molar-refractivity contribution in [3.05, 3.63) is 66.4 Å². The highest BCUT2D eigenvalue weighted by Gasteiger charge is 2.06. The van der Waals surface area contributed by atoms with E-state index in [0.717, 1.165) is 5.56 Å². The van der Waals surface area contributed by atoms with E-state index in [0.29, 0.717) is 11.3 Å². The summed E-state index contributed by atoms with van der Waals surface area (Å²) in [6.07, 6.45) is 3.08. The molecule has 7 heteroatoms. The molecule has 3 aromatic rings. The van der Waals surface area contributed by atoms with Gasteiger partial charge in [0.05, 0.1) is 12.4 Å². The third-order valence-corrected chi connectivity index (χ3v) is 3.24. The Morgan fingerprint density at radius 2 is 1.92 bits per heavy atom. The van der Waals surface area contributed by atoms with Gasteiger partial charge in [-0.3, -0.25) is 4.79 Å². The standard InChI is InChI=1S/C17H15N5O2/c23-16-9-5-4-8-14(16)10-18-20-17(24)12-22-11-15(19-21-22)13-6-2-1-3-7-13/h1-11,23H,12H2,(H,20,24)/b18-10+. The summed E-state index contributed by atoms with van der Waals surface area (Å²) in [5.41, 5.74) is 4.53. The molecule has 0 saturated heterocycles. The number of carbonyl (C=O) groups is 1. The Morgan fingerprint density at radius 3 is 2.71 bits per heavy atom. The summed E-state index contributed by atoms with van der Waals surface area (Å²) in [4.78, 5) is 11.9. The third-order valence-electron chi connectivity index (χ3n) is 3.24. The van der Waals surface area contributed by atoms with Gasteiger partial charge >= 0.3 is 0 Å². The largest absolute Gasteiger partial charge is 0.507 e. The Kier molecular flexibility index (Phi) is 4.62. The molecule has 0 radical (unpaired) electrons. The van der Waals surface area contributed by atoms with Gasteiger partial charge in [-0.2, -0.15) is 5.10 Å². The molecular formula is C17H15N5O2. The van der Waals surface area contributed by atoms with Gasteiger partial charge in [-0.15, -0.1) is 5.10 Å². The fourth-order valence-electron chi connectivity index (χ4n) is 2.07. The van der Waals surface area contributed by atoms with Crippen molar-refractivity contribution in [2.45, 2.75) is 6.54 Å². The highest BCUT2D eigenvalue weighted by molar-refractivity contribution is 5.84. The molecule has 1 aromatic heterocycles. The normalized spacial score (nSPS) is 10.8. The maximum Gasteiger partial charge on any atom is 0.261 e. The Morgan fingerprint density at radius 1 is 1.17 bits per heavy atom. The van der Waals surface area contributed by atoms with Crippen LogP contribution in [-0.4, -0.2) is 32.2 Å². The molecule has 0 fully saturated rings. The minimum atomic E-state index is -0.341. The molecule has 7 nitrogen and oxygen atoms in total. The summed E-state index contributed by atoms with van der Waals surface area (Å²) in [6, 6.07) is 16.3. The highest BCUT2D eigenvalue weighted by Crippen LogP contribution is 2.14. The first-order valence-electron chi connectivity index (χ1n) is 7.28. The van der Waals surface area contributed by atoms with Crippen LogP contribution in [0.4, 0.5) is 0 Å². The van der Waals surface area contributed by atoms with Crippen LogP contribution in [0.2, 0.25) is 0 Å². The quantitative estimate of drug-likeness (QED) is 0.553. The van der Waals surface area contributed by atoms with Crippen LogP contribution in [0.5, 0.6) is 5.75 Å². The lowest BCUT2D eigenvalue weighted by Crippen LogP contribution is -2.23. The summed E-state index contributed by atoms with van der Waals surface area (Å²) in [7, 11) is 0. The van der Waals surface area contributed by atoms with Crippen LogP contribution in [0.3, 0.4) is 0 Å². The molecule has 0 saturated carbocycles. The van der Waals surface area contributed by atoms with Gasteiger partial charge in [-0.05, 0) is 12.1 Å². The first kappa shape index (κ1) is 15.4. The predicted octanol–water partition coefficient (Wildman–Crippen LogP) is 1.80. The van der Waals surface area contributed by atoms with Crippen molar-refractivity contribution >= 4 is 12.1 Å². The second-order valence-electron chi connectivity index (χ2n) is 5.02. The SMILES string of the molecule is O=C(Cn1cc(-c2ccccc2)nn1)N/N=C/c1ccccc1O. The van der Waals surface area contributed by atoms with Gasteiger partial charge in [0, 0.05) is 11.1 Å². The first-order valence-corrected chi connectivity index (χ1v) is 7.28. The molecule has 1 amide bonds. The number of hydrogen-bond donors (Lipinski definition) is 2. The summed E-state index contributed by atoms with van der Waals surface area (Å²) < 4.78 is 1.44. The third kappa shape index (κ3) is 3.83. The molecule has 0 bridgehead atoms. The second kappa shape index (κ2) is 7.19. The lowest BCUT2D eigenvalue weighted by Gasteiger charge is -2.00. The van der Waals surface area contributed by atoms with E-state index in [1.165, 1.54) is 10.9 Å². The van der Waals surface area contributed by atoms with Gasteiger partial charge in [0.2, 0.25) is 0 Å². The average Bonchev–Trinajstić information content (AvgIpc) is 3.06. The lowest BCUT2D eigenvalue weighted by molar-refractivity contribution is -0.121. The number of hydrazone groups is 1. The van der Waals surface area contributed by atoms with E-state index in [1.807, 2.05) is 30.3 Å². The zero-order chi connectivity index (χ0) is 16.8. The first-order chi connectivity index (χ1) is 11.7. The molecule has 0 aliphatic carbocycles. The van der Waals surface area contributed by atoms with E-state index in [1.54, 1.807) is 30.5 Å². The van der Waals surface area contributed by atoms with Crippen LogP contribution >= 0.6 is 0 Å². The number of amides is 1. The van der Waals surface area contributed by atoms with Gasteiger partial charge < -0.3 is 5.11 Å². The van der Waals surface area contributed by atoms with Crippen LogP contribution in [0, 0.1) is 0 Å². The van der Waals surface area contributed by atoms with Crippen molar-refractivity contribution in [2.24, 2.45) is 5.10 Å². The number of nitrogens with one attached hydrogen (secondary N) is 1. The minimum absolute atomic E-state index is 0.00204. The van der Waals surface area contributed by atoms with Crippen LogP contribution in [-0.2, 0) is 11.3 Å². The number of benzene rings is 2. The number of nitrogens with zero attached hydrogens (tertiary/aromatic N) is 4. The van der Waals surface area contributed by atoms with Crippen molar-refractivity contribution in [3.63, 3.8) is 0 Å². The summed E-state index contributed by atoms with van der Waals surface area (Å²) in [5.74, 6) is -0.245. The van der Waals surface area contributed by atoms with Gasteiger partial charge in [-0.25, -0.2) is 10.1 Å². The van der Waals surface area contributed by atoms with Crippen molar-refractivity contribution in [3.8, 4) is 17.0 Å². The Hall–Kier alpha value is -3.48. The van der Waals surface area contributed by atoms with Crippen LogP contribution in [0.1, 0.15) is 5.56 Å². The fourth-order valence-corrected chi connectivity index (χ4v) is 2.07. The van der Waals surface area contributed by atoms with Crippen LogP contribution < -0.4 is 5.43 Å². The summed E-state index contributed by atoms with van der Waals surface area (Å²) in [5, 5.41) is 21.4. The predicted molar refractivity (Wildman–Crippen MR) is 89.3 cm³/mol. The van der Waals surface area contributed by atoms with E-state index < -0.39 is 0 Å².